The fraction of sp³-hybridized carbons (Fsp3) is 0.536. The molecular weight excluding hydrogens is 410 g/mol. The van der Waals surface area contributed by atoms with Crippen LogP contribution >= 0.6 is 0 Å². The number of benzene rings is 1. The molecule has 5 atom stereocenters. The van der Waals surface area contributed by atoms with Crippen molar-refractivity contribution in [2.75, 3.05) is 0 Å². The summed E-state index contributed by atoms with van der Waals surface area (Å²) in [5.74, 6) is 0.891. The lowest BCUT2D eigenvalue weighted by atomic mass is 9.91. The van der Waals surface area contributed by atoms with Gasteiger partial charge in [0.2, 0.25) is 5.91 Å². The Morgan fingerprint density at radius 3 is 2.82 bits per heavy atom. The molecule has 1 aromatic carbocycles. The van der Waals surface area contributed by atoms with Gasteiger partial charge < -0.3 is 4.98 Å². The van der Waals surface area contributed by atoms with Crippen molar-refractivity contribution in [3.63, 3.8) is 0 Å². The Kier molecular flexibility index (Phi) is 6.44. The molecule has 1 amide bonds. The molecule has 3 N–H and O–H groups in total. The van der Waals surface area contributed by atoms with Gasteiger partial charge in [0.25, 0.3) is 0 Å². The van der Waals surface area contributed by atoms with Gasteiger partial charge in [-0.15, -0.1) is 0 Å². The first-order valence-corrected chi connectivity index (χ1v) is 12.7. The molecule has 2 fully saturated rings. The van der Waals surface area contributed by atoms with E-state index in [2.05, 4.69) is 59.4 Å². The van der Waals surface area contributed by atoms with E-state index < -0.39 is 0 Å². The number of carbonyl (C=O) groups excluding carboxylic acids is 1. The maximum atomic E-state index is 11.6. The van der Waals surface area contributed by atoms with Crippen LogP contribution in [0.15, 0.2) is 36.5 Å². The summed E-state index contributed by atoms with van der Waals surface area (Å²) in [5.41, 5.74) is 8.56. The van der Waals surface area contributed by atoms with Gasteiger partial charge in [-0.2, -0.15) is 0 Å². The molecule has 0 spiro atoms. The quantitative estimate of drug-likeness (QED) is 0.418. The van der Waals surface area contributed by atoms with Crippen LogP contribution in [0, 0.1) is 17.8 Å². The van der Waals surface area contributed by atoms with Crippen LogP contribution in [0.1, 0.15) is 67.5 Å². The number of fused-ring (bicyclic) bond motifs is 2. The number of amides is 1. The van der Waals surface area contributed by atoms with E-state index >= 15 is 0 Å². The Bertz CT molecular complexity index is 1010. The van der Waals surface area contributed by atoms with Crippen molar-refractivity contribution in [1.82, 2.24) is 15.4 Å². The number of H-pyrrole nitrogens is 1. The SMILES string of the molecule is CC1C=Cc2c(CC3CC4CCCC4N3Cc3ccc(CC(C)C(=O)NO)cc3)c[nH]c2C1. The predicted octanol–water partition coefficient (Wildman–Crippen LogP) is 4.89. The number of rotatable bonds is 7. The van der Waals surface area contributed by atoms with Crippen molar-refractivity contribution in [3.05, 3.63) is 64.5 Å². The number of nitrogens with zero attached hydrogens (tertiary/aromatic N) is 1. The standard InChI is InChI=1S/C28H37N3O2/c1-18-6-11-25-23(16-29-26(25)12-18)15-24-14-22-4-3-5-27(22)31(24)17-21-9-7-20(8-10-21)13-19(2)28(32)30-33/h6-11,16,18-19,22,24,27,29,33H,3-5,12-15,17H2,1-2H3,(H,30,32). The van der Waals surface area contributed by atoms with E-state index in [0.717, 1.165) is 30.9 Å². The minimum absolute atomic E-state index is 0.243. The van der Waals surface area contributed by atoms with Gasteiger partial charge in [0, 0.05) is 36.4 Å². The lowest BCUT2D eigenvalue weighted by molar-refractivity contribution is -0.132. The molecule has 3 aliphatic rings. The van der Waals surface area contributed by atoms with E-state index in [-0.39, 0.29) is 11.8 Å². The van der Waals surface area contributed by atoms with Gasteiger partial charge in [-0.3, -0.25) is 14.9 Å². The molecule has 0 bridgehead atoms. The van der Waals surface area contributed by atoms with Gasteiger partial charge in [-0.25, -0.2) is 5.48 Å². The molecule has 5 nitrogen and oxygen atoms in total. The summed E-state index contributed by atoms with van der Waals surface area (Å²) < 4.78 is 0. The number of allylic oxidation sites excluding steroid dienone is 1. The molecule has 0 radical (unpaired) electrons. The number of likely N-dealkylation sites (tertiary alicyclic amines) is 1. The van der Waals surface area contributed by atoms with E-state index in [0.29, 0.717) is 24.4 Å². The summed E-state index contributed by atoms with van der Waals surface area (Å²) in [6, 6.07) is 10.0. The zero-order valence-corrected chi connectivity index (χ0v) is 19.9. The Hall–Kier alpha value is -2.37. The highest BCUT2D eigenvalue weighted by atomic mass is 16.5. The molecule has 2 aromatic rings. The molecule has 33 heavy (non-hydrogen) atoms. The summed E-state index contributed by atoms with van der Waals surface area (Å²) in [5, 5.41) is 8.84. The van der Waals surface area contributed by atoms with Gasteiger partial charge in [0.15, 0.2) is 0 Å². The maximum absolute atomic E-state index is 11.6. The number of hydroxylamine groups is 1. The number of hydrogen-bond acceptors (Lipinski definition) is 3. The Balaban J connectivity index is 1.29. The molecule has 5 rings (SSSR count). The van der Waals surface area contributed by atoms with E-state index in [4.69, 9.17) is 5.21 Å². The van der Waals surface area contributed by atoms with Gasteiger partial charge >= 0.3 is 0 Å². The van der Waals surface area contributed by atoms with Gasteiger partial charge in [-0.05, 0) is 72.6 Å². The van der Waals surface area contributed by atoms with Gasteiger partial charge in [0.05, 0.1) is 0 Å². The van der Waals surface area contributed by atoms with Gasteiger partial charge in [-0.1, -0.05) is 56.7 Å². The van der Waals surface area contributed by atoms with Crippen LogP contribution in [-0.4, -0.2) is 33.1 Å². The summed E-state index contributed by atoms with van der Waals surface area (Å²) in [7, 11) is 0. The summed E-state index contributed by atoms with van der Waals surface area (Å²) in [6.45, 7) is 5.12. The largest absolute Gasteiger partial charge is 0.364 e. The van der Waals surface area contributed by atoms with Crippen LogP contribution in [0.2, 0.25) is 0 Å². The molecule has 2 aliphatic carbocycles. The zero-order valence-electron chi connectivity index (χ0n) is 19.9. The number of carbonyl (C=O) groups is 1. The average Bonchev–Trinajstić information content (AvgIpc) is 3.51. The topological polar surface area (TPSA) is 68.4 Å². The van der Waals surface area contributed by atoms with Crippen LogP contribution in [-0.2, 0) is 30.6 Å². The smallest absolute Gasteiger partial charge is 0.246 e. The second-order valence-corrected chi connectivity index (χ2v) is 10.7. The van der Waals surface area contributed by atoms with Crippen LogP contribution in [0.3, 0.4) is 0 Å². The predicted molar refractivity (Wildman–Crippen MR) is 131 cm³/mol. The molecule has 2 heterocycles. The normalized spacial score (nSPS) is 27.4. The second-order valence-electron chi connectivity index (χ2n) is 10.7. The van der Waals surface area contributed by atoms with Crippen LogP contribution in [0.5, 0.6) is 0 Å². The lowest BCUT2D eigenvalue weighted by Gasteiger charge is -2.30. The molecule has 1 saturated carbocycles. The van der Waals surface area contributed by atoms with Crippen LogP contribution < -0.4 is 5.48 Å². The van der Waals surface area contributed by atoms with Crippen molar-refractivity contribution in [1.29, 1.82) is 0 Å². The fourth-order valence-corrected chi connectivity index (χ4v) is 6.45. The molecule has 1 aromatic heterocycles. The van der Waals surface area contributed by atoms with Crippen LogP contribution in [0.4, 0.5) is 0 Å². The van der Waals surface area contributed by atoms with Crippen molar-refractivity contribution in [2.45, 2.75) is 77.4 Å². The second kappa shape index (κ2) is 9.47. The molecule has 176 valence electrons. The Morgan fingerprint density at radius 2 is 2.03 bits per heavy atom. The highest BCUT2D eigenvalue weighted by Crippen LogP contribution is 2.43. The molecule has 1 aliphatic heterocycles. The summed E-state index contributed by atoms with van der Waals surface area (Å²) >= 11 is 0. The van der Waals surface area contributed by atoms with E-state index in [1.54, 1.807) is 5.48 Å². The third-order valence-electron chi connectivity index (χ3n) is 8.24. The third-order valence-corrected chi connectivity index (χ3v) is 8.24. The Labute approximate surface area is 197 Å². The highest BCUT2D eigenvalue weighted by Gasteiger charge is 2.43. The molecule has 5 unspecified atom stereocenters. The van der Waals surface area contributed by atoms with Crippen molar-refractivity contribution in [3.8, 4) is 0 Å². The number of aromatic amines is 1. The van der Waals surface area contributed by atoms with Crippen molar-refractivity contribution >= 4 is 12.0 Å². The maximum Gasteiger partial charge on any atom is 0.246 e. The lowest BCUT2D eigenvalue weighted by Crippen LogP contribution is -2.36. The van der Waals surface area contributed by atoms with E-state index in [9.17, 15) is 4.79 Å². The van der Waals surface area contributed by atoms with E-state index in [1.165, 1.54) is 48.1 Å². The molecule has 5 heteroatoms. The van der Waals surface area contributed by atoms with Crippen LogP contribution in [0.25, 0.3) is 6.08 Å². The number of aromatic nitrogens is 1. The first kappa shape index (κ1) is 22.4. The van der Waals surface area contributed by atoms with Gasteiger partial charge in [0.1, 0.15) is 0 Å². The monoisotopic (exact) mass is 447 g/mol. The molecule has 1 saturated heterocycles. The number of nitrogens with one attached hydrogen (secondary N) is 2. The summed E-state index contributed by atoms with van der Waals surface area (Å²) in [4.78, 5) is 18.0. The summed E-state index contributed by atoms with van der Waals surface area (Å²) in [6.07, 6.45) is 15.2. The Morgan fingerprint density at radius 1 is 1.24 bits per heavy atom. The minimum atomic E-state index is -0.331. The third kappa shape index (κ3) is 4.67. The number of hydrogen-bond donors (Lipinski definition) is 3. The average molecular weight is 448 g/mol. The van der Waals surface area contributed by atoms with Crippen molar-refractivity contribution in [2.24, 2.45) is 17.8 Å². The van der Waals surface area contributed by atoms with E-state index in [1.807, 2.05) is 6.92 Å². The first-order valence-electron chi connectivity index (χ1n) is 12.7. The highest BCUT2D eigenvalue weighted by molar-refractivity contribution is 5.77. The van der Waals surface area contributed by atoms with Crippen molar-refractivity contribution < 1.29 is 10.0 Å². The molecular formula is C28H37N3O2. The first-order chi connectivity index (χ1) is 16.0. The zero-order chi connectivity index (χ0) is 22.9. The fourth-order valence-electron chi connectivity index (χ4n) is 6.45. The minimum Gasteiger partial charge on any atom is -0.364 e.